The summed E-state index contributed by atoms with van der Waals surface area (Å²) in [5, 5.41) is 0. The Morgan fingerprint density at radius 1 is 1.30 bits per heavy atom. The molecule has 1 atom stereocenters. The summed E-state index contributed by atoms with van der Waals surface area (Å²) in [5.74, 6) is 0.983. The van der Waals surface area contributed by atoms with E-state index in [2.05, 4.69) is 30.1 Å². The molecule has 0 aromatic heterocycles. The zero-order chi connectivity index (χ0) is 14.3. The highest BCUT2D eigenvalue weighted by molar-refractivity contribution is 5.65. The molecule has 1 aliphatic carbocycles. The Morgan fingerprint density at radius 3 is 2.75 bits per heavy atom. The van der Waals surface area contributed by atoms with E-state index < -0.39 is 0 Å². The highest BCUT2D eigenvalue weighted by Gasteiger charge is 2.26. The first-order valence-electron chi connectivity index (χ1n) is 8.33. The fraction of sp³-hybridized carbons (Fsp3) is 0.722. The van der Waals surface area contributed by atoms with E-state index in [1.54, 1.807) is 0 Å². The van der Waals surface area contributed by atoms with E-state index in [1.807, 2.05) is 6.21 Å². The van der Waals surface area contributed by atoms with Crippen molar-refractivity contribution in [1.29, 1.82) is 0 Å². The molecule has 2 heteroatoms. The first-order valence-corrected chi connectivity index (χ1v) is 8.33. The molecule has 0 aromatic carbocycles. The van der Waals surface area contributed by atoms with Gasteiger partial charge in [0.1, 0.15) is 0 Å². The lowest BCUT2D eigenvalue weighted by atomic mass is 9.82. The van der Waals surface area contributed by atoms with Crippen molar-refractivity contribution in [2.45, 2.75) is 64.7 Å². The van der Waals surface area contributed by atoms with Crippen LogP contribution in [0.2, 0.25) is 0 Å². The summed E-state index contributed by atoms with van der Waals surface area (Å²) in [5.41, 5.74) is 7.17. The molecule has 1 aliphatic heterocycles. The van der Waals surface area contributed by atoms with Gasteiger partial charge in [-0.3, -0.25) is 4.99 Å². The van der Waals surface area contributed by atoms with Crippen molar-refractivity contribution in [3.63, 3.8) is 0 Å². The summed E-state index contributed by atoms with van der Waals surface area (Å²) in [6.45, 7) is 2.90. The van der Waals surface area contributed by atoms with Gasteiger partial charge in [-0.1, -0.05) is 57.3 Å². The quantitative estimate of drug-likeness (QED) is 0.676. The van der Waals surface area contributed by atoms with Crippen LogP contribution in [0, 0.1) is 11.3 Å². The molecular weight excluding hydrogens is 244 g/mol. The number of nitrogens with two attached hydrogens (primary N) is 1. The van der Waals surface area contributed by atoms with Crippen LogP contribution >= 0.6 is 0 Å². The molecule has 20 heavy (non-hydrogen) atoms. The first-order chi connectivity index (χ1) is 9.74. The van der Waals surface area contributed by atoms with Gasteiger partial charge in [-0.05, 0) is 25.2 Å². The molecule has 2 aliphatic rings. The van der Waals surface area contributed by atoms with Gasteiger partial charge in [0, 0.05) is 30.3 Å². The van der Waals surface area contributed by atoms with Gasteiger partial charge >= 0.3 is 0 Å². The van der Waals surface area contributed by atoms with Crippen LogP contribution in [0.1, 0.15) is 64.7 Å². The smallest absolute Gasteiger partial charge is 0.0438 e. The average Bonchev–Trinajstić information content (AvgIpc) is 3.02. The number of aliphatic imine (C=N–C) groups is 1. The summed E-state index contributed by atoms with van der Waals surface area (Å²) >= 11 is 0. The third-order valence-electron chi connectivity index (χ3n) is 4.92. The molecule has 1 saturated carbocycles. The van der Waals surface area contributed by atoms with Crippen LogP contribution in [-0.4, -0.2) is 12.8 Å². The molecule has 1 fully saturated rings. The van der Waals surface area contributed by atoms with Crippen molar-refractivity contribution in [2.24, 2.45) is 22.1 Å². The SMILES string of the molecule is C[C@@](CN)(C/C=C/CCC1CCCCC1)C1=CCC=N1. The van der Waals surface area contributed by atoms with Gasteiger partial charge in [0.15, 0.2) is 0 Å². The highest BCUT2D eigenvalue weighted by Crippen LogP contribution is 2.33. The molecule has 0 bridgehead atoms. The second kappa shape index (κ2) is 7.78. The normalized spacial score (nSPS) is 23.2. The van der Waals surface area contributed by atoms with Gasteiger partial charge in [-0.25, -0.2) is 0 Å². The first kappa shape index (κ1) is 15.5. The number of allylic oxidation sites excluding steroid dienone is 3. The minimum absolute atomic E-state index is 0.0222. The van der Waals surface area contributed by atoms with Crippen molar-refractivity contribution >= 4 is 6.21 Å². The zero-order valence-electron chi connectivity index (χ0n) is 13.0. The zero-order valence-corrected chi connectivity index (χ0v) is 13.0. The van der Waals surface area contributed by atoms with Crippen LogP contribution in [-0.2, 0) is 0 Å². The Kier molecular flexibility index (Phi) is 6.03. The predicted molar refractivity (Wildman–Crippen MR) is 87.9 cm³/mol. The second-order valence-electron chi connectivity index (χ2n) is 6.66. The molecule has 2 rings (SSSR count). The monoisotopic (exact) mass is 274 g/mol. The van der Waals surface area contributed by atoms with Crippen molar-refractivity contribution in [3.05, 3.63) is 23.9 Å². The third kappa shape index (κ3) is 4.31. The molecule has 112 valence electrons. The summed E-state index contributed by atoms with van der Waals surface area (Å²) < 4.78 is 0. The number of hydrogen-bond acceptors (Lipinski definition) is 2. The minimum atomic E-state index is 0.0222. The molecule has 0 radical (unpaired) electrons. The molecule has 0 spiro atoms. The molecule has 0 amide bonds. The van der Waals surface area contributed by atoms with Crippen LogP contribution in [0.15, 0.2) is 28.9 Å². The standard InChI is InChI=1S/C18H30N2/c1-18(15-19,17-12-8-14-20-17)13-7-3-6-11-16-9-4-2-5-10-16/h3,7,12,14,16H,2,4-6,8-11,13,15,19H2,1H3/b7-3+/t18-/m0/s1. The third-order valence-corrected chi connectivity index (χ3v) is 4.92. The molecule has 2 nitrogen and oxygen atoms in total. The van der Waals surface area contributed by atoms with Gasteiger partial charge in [-0.15, -0.1) is 0 Å². The van der Waals surface area contributed by atoms with E-state index >= 15 is 0 Å². The molecule has 2 N–H and O–H groups in total. The topological polar surface area (TPSA) is 38.4 Å². The van der Waals surface area contributed by atoms with Crippen molar-refractivity contribution in [3.8, 4) is 0 Å². The molecule has 1 heterocycles. The largest absolute Gasteiger partial charge is 0.330 e. The Hall–Kier alpha value is -0.890. The Balaban J connectivity index is 1.72. The van der Waals surface area contributed by atoms with Gasteiger partial charge in [-0.2, -0.15) is 0 Å². The van der Waals surface area contributed by atoms with Crippen molar-refractivity contribution in [2.75, 3.05) is 6.54 Å². The van der Waals surface area contributed by atoms with E-state index in [1.165, 1.54) is 50.6 Å². The van der Waals surface area contributed by atoms with Crippen LogP contribution in [0.3, 0.4) is 0 Å². The van der Waals surface area contributed by atoms with E-state index in [9.17, 15) is 0 Å². The van der Waals surface area contributed by atoms with Gasteiger partial charge < -0.3 is 5.73 Å². The lowest BCUT2D eigenvalue weighted by Gasteiger charge is -2.26. The van der Waals surface area contributed by atoms with Crippen molar-refractivity contribution in [1.82, 2.24) is 0 Å². The average molecular weight is 274 g/mol. The fourth-order valence-corrected chi connectivity index (χ4v) is 3.33. The van der Waals surface area contributed by atoms with E-state index in [-0.39, 0.29) is 5.41 Å². The Labute approximate surface area is 124 Å². The summed E-state index contributed by atoms with van der Waals surface area (Å²) in [6.07, 6.45) is 20.7. The van der Waals surface area contributed by atoms with E-state index in [4.69, 9.17) is 5.73 Å². The number of hydrogen-bond donors (Lipinski definition) is 1. The Morgan fingerprint density at radius 2 is 2.10 bits per heavy atom. The molecule has 0 aromatic rings. The Bertz CT molecular complexity index is 375. The molecular formula is C18H30N2. The molecule has 0 unspecified atom stereocenters. The van der Waals surface area contributed by atoms with Gasteiger partial charge in [0.25, 0.3) is 0 Å². The summed E-state index contributed by atoms with van der Waals surface area (Å²) in [7, 11) is 0. The van der Waals surface area contributed by atoms with Crippen LogP contribution in [0.25, 0.3) is 0 Å². The number of nitrogens with zero attached hydrogens (tertiary/aromatic N) is 1. The lowest BCUT2D eigenvalue weighted by molar-refractivity contribution is 0.340. The van der Waals surface area contributed by atoms with Gasteiger partial charge in [0.05, 0.1) is 0 Å². The van der Waals surface area contributed by atoms with Gasteiger partial charge in [0.2, 0.25) is 0 Å². The maximum Gasteiger partial charge on any atom is 0.0438 e. The van der Waals surface area contributed by atoms with Crippen LogP contribution < -0.4 is 5.73 Å². The maximum atomic E-state index is 5.97. The van der Waals surface area contributed by atoms with Crippen LogP contribution in [0.5, 0.6) is 0 Å². The summed E-state index contributed by atoms with van der Waals surface area (Å²) in [4.78, 5) is 4.47. The van der Waals surface area contributed by atoms with E-state index in [0.29, 0.717) is 6.54 Å². The second-order valence-corrected chi connectivity index (χ2v) is 6.66. The minimum Gasteiger partial charge on any atom is -0.330 e. The lowest BCUT2D eigenvalue weighted by Crippen LogP contribution is -2.27. The summed E-state index contributed by atoms with van der Waals surface area (Å²) in [6, 6.07) is 0. The number of rotatable bonds is 7. The fourth-order valence-electron chi connectivity index (χ4n) is 3.33. The highest BCUT2D eigenvalue weighted by atomic mass is 14.8. The molecule has 0 saturated heterocycles. The predicted octanol–water partition coefficient (Wildman–Crippen LogP) is 4.62. The van der Waals surface area contributed by atoms with Crippen LogP contribution in [0.4, 0.5) is 0 Å². The van der Waals surface area contributed by atoms with E-state index in [0.717, 1.165) is 18.8 Å². The maximum absolute atomic E-state index is 5.97. The van der Waals surface area contributed by atoms with Crippen molar-refractivity contribution < 1.29 is 0 Å².